The molecule has 1 unspecified atom stereocenters. The van der Waals surface area contributed by atoms with Gasteiger partial charge in [-0.15, -0.1) is 0 Å². The molecular weight excluding hydrogens is 228 g/mol. The number of unbranched alkanes of at least 4 members (excludes halogenated alkanes) is 2. The third-order valence-electron chi connectivity index (χ3n) is 2.98. The first-order valence-corrected chi connectivity index (χ1v) is 6.50. The van der Waals surface area contributed by atoms with E-state index < -0.39 is 0 Å². The van der Waals surface area contributed by atoms with Crippen molar-refractivity contribution in [3.8, 4) is 5.75 Å². The topological polar surface area (TPSA) is 67.5 Å². The first-order chi connectivity index (χ1) is 8.83. The largest absolute Gasteiger partial charge is 0.496 e. The molecule has 0 fully saturated rings. The first kappa shape index (κ1) is 15.0. The molecule has 1 aromatic rings. The van der Waals surface area contributed by atoms with Gasteiger partial charge >= 0.3 is 0 Å². The maximum atomic E-state index is 8.71. The molecule has 4 heteroatoms. The lowest BCUT2D eigenvalue weighted by Gasteiger charge is -2.19. The van der Waals surface area contributed by atoms with Crippen molar-refractivity contribution < 1.29 is 9.84 Å². The smallest absolute Gasteiger partial charge is 0.123 e. The highest BCUT2D eigenvalue weighted by molar-refractivity contribution is 5.36. The third kappa shape index (κ3) is 4.64. The van der Waals surface area contributed by atoms with Gasteiger partial charge in [0.2, 0.25) is 0 Å². The lowest BCUT2D eigenvalue weighted by molar-refractivity contribution is 0.282. The predicted octanol–water partition coefficient (Wildman–Crippen LogP) is 1.45. The van der Waals surface area contributed by atoms with Crippen LogP contribution in [0.1, 0.15) is 30.9 Å². The lowest BCUT2D eigenvalue weighted by atomic mass is 10.1. The monoisotopic (exact) mass is 252 g/mol. The third-order valence-corrected chi connectivity index (χ3v) is 2.98. The second kappa shape index (κ2) is 8.91. The zero-order valence-corrected chi connectivity index (χ0v) is 11.1. The Labute approximate surface area is 109 Å². The van der Waals surface area contributed by atoms with Crippen molar-refractivity contribution in [2.75, 3.05) is 26.8 Å². The van der Waals surface area contributed by atoms with Gasteiger partial charge in [-0.25, -0.2) is 0 Å². The van der Waals surface area contributed by atoms with E-state index in [1.54, 1.807) is 7.11 Å². The van der Waals surface area contributed by atoms with Gasteiger partial charge in [0.25, 0.3) is 0 Å². The van der Waals surface area contributed by atoms with Crippen molar-refractivity contribution in [3.63, 3.8) is 0 Å². The fourth-order valence-corrected chi connectivity index (χ4v) is 1.96. The number of benzene rings is 1. The van der Waals surface area contributed by atoms with Crippen molar-refractivity contribution in [2.45, 2.75) is 25.3 Å². The van der Waals surface area contributed by atoms with Crippen LogP contribution in [0.25, 0.3) is 0 Å². The molecule has 0 aliphatic carbocycles. The number of hydrogen-bond acceptors (Lipinski definition) is 4. The summed E-state index contributed by atoms with van der Waals surface area (Å²) >= 11 is 0. The van der Waals surface area contributed by atoms with E-state index in [4.69, 9.17) is 15.6 Å². The molecule has 0 radical (unpaired) electrons. The Hall–Kier alpha value is -1.10. The number of rotatable bonds is 9. The molecule has 0 aromatic heterocycles. The van der Waals surface area contributed by atoms with E-state index in [0.29, 0.717) is 6.54 Å². The van der Waals surface area contributed by atoms with Crippen molar-refractivity contribution in [1.29, 1.82) is 0 Å². The number of aliphatic hydroxyl groups excluding tert-OH is 1. The SMILES string of the molecule is COc1ccccc1C(CN)NCCCCCO. The summed E-state index contributed by atoms with van der Waals surface area (Å²) in [5, 5.41) is 12.1. The van der Waals surface area contributed by atoms with Gasteiger partial charge in [-0.3, -0.25) is 0 Å². The van der Waals surface area contributed by atoms with Crippen LogP contribution in [0.3, 0.4) is 0 Å². The summed E-state index contributed by atoms with van der Waals surface area (Å²) in [5.41, 5.74) is 6.91. The van der Waals surface area contributed by atoms with Gasteiger partial charge in [0, 0.05) is 24.8 Å². The van der Waals surface area contributed by atoms with Crippen LogP contribution in [0.2, 0.25) is 0 Å². The van der Waals surface area contributed by atoms with Crippen LogP contribution < -0.4 is 15.8 Å². The molecule has 0 spiro atoms. The standard InChI is InChI=1S/C14H24N2O2/c1-18-14-8-4-3-7-12(14)13(11-15)16-9-5-2-6-10-17/h3-4,7-8,13,16-17H,2,5-6,9-11,15H2,1H3. The normalized spacial score (nSPS) is 12.4. The summed E-state index contributed by atoms with van der Waals surface area (Å²) in [6.45, 7) is 1.72. The van der Waals surface area contributed by atoms with Crippen LogP contribution in [0, 0.1) is 0 Å². The maximum absolute atomic E-state index is 8.71. The Morgan fingerprint density at radius 2 is 2.06 bits per heavy atom. The second-order valence-corrected chi connectivity index (χ2v) is 4.27. The van der Waals surface area contributed by atoms with E-state index in [1.165, 1.54) is 0 Å². The van der Waals surface area contributed by atoms with E-state index in [0.717, 1.165) is 37.1 Å². The fraction of sp³-hybridized carbons (Fsp3) is 0.571. The van der Waals surface area contributed by atoms with Crippen molar-refractivity contribution in [1.82, 2.24) is 5.32 Å². The van der Waals surface area contributed by atoms with E-state index in [2.05, 4.69) is 5.32 Å². The number of aliphatic hydroxyl groups is 1. The molecule has 0 saturated heterocycles. The minimum Gasteiger partial charge on any atom is -0.496 e. The van der Waals surface area contributed by atoms with Crippen molar-refractivity contribution in [2.24, 2.45) is 5.73 Å². The molecule has 1 rings (SSSR count). The molecular formula is C14H24N2O2. The number of nitrogens with two attached hydrogens (primary N) is 1. The highest BCUT2D eigenvalue weighted by Gasteiger charge is 2.12. The number of nitrogens with one attached hydrogen (secondary N) is 1. The van der Waals surface area contributed by atoms with Gasteiger partial charge in [-0.2, -0.15) is 0 Å². The van der Waals surface area contributed by atoms with Gasteiger partial charge in [0.05, 0.1) is 7.11 Å². The summed E-state index contributed by atoms with van der Waals surface area (Å²) in [7, 11) is 1.67. The predicted molar refractivity (Wildman–Crippen MR) is 73.7 cm³/mol. The van der Waals surface area contributed by atoms with Crippen LogP contribution in [0.5, 0.6) is 5.75 Å². The van der Waals surface area contributed by atoms with Crippen LogP contribution in [0.4, 0.5) is 0 Å². The number of methoxy groups -OCH3 is 1. The number of para-hydroxylation sites is 1. The Morgan fingerprint density at radius 1 is 1.28 bits per heavy atom. The Morgan fingerprint density at radius 3 is 2.72 bits per heavy atom. The first-order valence-electron chi connectivity index (χ1n) is 6.50. The zero-order valence-electron chi connectivity index (χ0n) is 11.1. The maximum Gasteiger partial charge on any atom is 0.123 e. The molecule has 4 N–H and O–H groups in total. The van der Waals surface area contributed by atoms with Crippen LogP contribution in [-0.2, 0) is 0 Å². The summed E-state index contributed by atoms with van der Waals surface area (Å²) in [6, 6.07) is 8.06. The summed E-state index contributed by atoms with van der Waals surface area (Å²) in [4.78, 5) is 0. The van der Waals surface area contributed by atoms with E-state index >= 15 is 0 Å². The highest BCUT2D eigenvalue weighted by Crippen LogP contribution is 2.23. The molecule has 0 heterocycles. The van der Waals surface area contributed by atoms with Gasteiger partial charge in [0.15, 0.2) is 0 Å². The second-order valence-electron chi connectivity index (χ2n) is 4.27. The molecule has 0 amide bonds. The van der Waals surface area contributed by atoms with Gasteiger partial charge in [-0.1, -0.05) is 18.2 Å². The Kier molecular flexibility index (Phi) is 7.41. The average molecular weight is 252 g/mol. The molecule has 1 aromatic carbocycles. The van der Waals surface area contributed by atoms with Crippen molar-refractivity contribution in [3.05, 3.63) is 29.8 Å². The number of ether oxygens (including phenoxy) is 1. The van der Waals surface area contributed by atoms with Crippen LogP contribution in [0.15, 0.2) is 24.3 Å². The molecule has 1 atom stereocenters. The quantitative estimate of drug-likeness (QED) is 0.582. The van der Waals surface area contributed by atoms with Gasteiger partial charge in [-0.05, 0) is 31.9 Å². The lowest BCUT2D eigenvalue weighted by Crippen LogP contribution is -2.29. The summed E-state index contributed by atoms with van der Waals surface area (Å²) in [5.74, 6) is 0.871. The van der Waals surface area contributed by atoms with Crippen molar-refractivity contribution >= 4 is 0 Å². The van der Waals surface area contributed by atoms with E-state index in [-0.39, 0.29) is 12.6 Å². The molecule has 0 aliphatic rings. The molecule has 102 valence electrons. The Balaban J connectivity index is 2.49. The van der Waals surface area contributed by atoms with E-state index in [9.17, 15) is 0 Å². The highest BCUT2D eigenvalue weighted by atomic mass is 16.5. The van der Waals surface area contributed by atoms with Gasteiger partial charge < -0.3 is 20.9 Å². The molecule has 0 aliphatic heterocycles. The zero-order chi connectivity index (χ0) is 13.2. The Bertz CT molecular complexity index is 331. The molecule has 0 saturated carbocycles. The number of hydrogen-bond donors (Lipinski definition) is 3. The fourth-order valence-electron chi connectivity index (χ4n) is 1.96. The molecule has 18 heavy (non-hydrogen) atoms. The van der Waals surface area contributed by atoms with Crippen LogP contribution in [-0.4, -0.2) is 31.9 Å². The van der Waals surface area contributed by atoms with E-state index in [1.807, 2.05) is 24.3 Å². The molecule has 0 bridgehead atoms. The molecule has 4 nitrogen and oxygen atoms in total. The van der Waals surface area contributed by atoms with Gasteiger partial charge in [0.1, 0.15) is 5.75 Å². The average Bonchev–Trinajstić information content (AvgIpc) is 2.43. The minimum absolute atomic E-state index is 0.121. The van der Waals surface area contributed by atoms with Crippen LogP contribution >= 0.6 is 0 Å². The summed E-state index contributed by atoms with van der Waals surface area (Å²) in [6.07, 6.45) is 2.95. The summed E-state index contributed by atoms with van der Waals surface area (Å²) < 4.78 is 5.34. The minimum atomic E-state index is 0.121.